The molecule has 0 spiro atoms. The molecule has 1 aliphatic rings. The van der Waals surface area contributed by atoms with Crippen molar-refractivity contribution in [2.75, 3.05) is 13.1 Å². The number of hydrogen-bond acceptors (Lipinski definition) is 2. The first-order chi connectivity index (χ1) is 5.72. The fourth-order valence-electron chi connectivity index (χ4n) is 1.39. The summed E-state index contributed by atoms with van der Waals surface area (Å²) in [5.74, 6) is 0. The highest BCUT2D eigenvalue weighted by atomic mass is 16.4. The Morgan fingerprint density at radius 2 is 2.42 bits per heavy atom. The lowest BCUT2D eigenvalue weighted by Crippen LogP contribution is -2.46. The molecule has 0 aliphatic carbocycles. The van der Waals surface area contributed by atoms with Gasteiger partial charge in [0.05, 0.1) is 0 Å². The third-order valence-corrected chi connectivity index (χ3v) is 1.93. The molecule has 0 saturated carbocycles. The van der Waals surface area contributed by atoms with Crippen LogP contribution >= 0.6 is 0 Å². The van der Waals surface area contributed by atoms with E-state index in [1.54, 1.807) is 4.90 Å². The number of carboxylic acid groups (broad SMARTS) is 1. The summed E-state index contributed by atoms with van der Waals surface area (Å²) in [7, 11) is 0. The van der Waals surface area contributed by atoms with Crippen LogP contribution in [0.4, 0.5) is 4.79 Å². The summed E-state index contributed by atoms with van der Waals surface area (Å²) >= 11 is 0. The van der Waals surface area contributed by atoms with Gasteiger partial charge in [-0.2, -0.15) is 0 Å². The van der Waals surface area contributed by atoms with Gasteiger partial charge in [0.15, 0.2) is 0 Å². The molecule has 5 heteroatoms. The fraction of sp³-hybridized carbons (Fsp3) is 0.714. The van der Waals surface area contributed by atoms with Crippen molar-refractivity contribution in [2.45, 2.75) is 18.9 Å². The summed E-state index contributed by atoms with van der Waals surface area (Å²) in [4.78, 5) is 22.2. The lowest BCUT2D eigenvalue weighted by Gasteiger charge is -2.29. The number of piperidine rings is 1. The molecule has 1 unspecified atom stereocenters. The molecule has 0 bridgehead atoms. The average molecular weight is 172 g/mol. The molecule has 1 fully saturated rings. The molecule has 2 N–H and O–H groups in total. The maximum atomic E-state index is 10.3. The minimum atomic E-state index is -1.02. The van der Waals surface area contributed by atoms with Crippen molar-refractivity contribution in [2.24, 2.45) is 0 Å². The Labute approximate surface area is 70.4 Å². The third kappa shape index (κ3) is 2.41. The maximum Gasteiger partial charge on any atom is 0.404 e. The minimum absolute atomic E-state index is 0.0959. The van der Waals surface area contributed by atoms with Crippen molar-refractivity contribution >= 4 is 12.5 Å². The van der Waals surface area contributed by atoms with Crippen molar-refractivity contribution in [1.82, 2.24) is 10.2 Å². The molecule has 2 amide bonds. The van der Waals surface area contributed by atoms with Gasteiger partial charge in [-0.3, -0.25) is 4.79 Å². The zero-order chi connectivity index (χ0) is 8.97. The smallest absolute Gasteiger partial charge is 0.404 e. The monoisotopic (exact) mass is 172 g/mol. The molecule has 5 nitrogen and oxygen atoms in total. The SMILES string of the molecule is O=CN1CCCC(NC(=O)O)C1. The Morgan fingerprint density at radius 1 is 1.67 bits per heavy atom. The van der Waals surface area contributed by atoms with Crippen LogP contribution in [0.15, 0.2) is 0 Å². The van der Waals surface area contributed by atoms with Crippen LogP contribution in [-0.2, 0) is 4.79 Å². The molecule has 1 heterocycles. The second kappa shape index (κ2) is 3.94. The van der Waals surface area contributed by atoms with Crippen molar-refractivity contribution < 1.29 is 14.7 Å². The zero-order valence-electron chi connectivity index (χ0n) is 6.69. The number of carbonyl (C=O) groups excluding carboxylic acids is 1. The van der Waals surface area contributed by atoms with Crippen LogP contribution in [-0.4, -0.2) is 41.6 Å². The Balaban J connectivity index is 2.35. The molecule has 12 heavy (non-hydrogen) atoms. The van der Waals surface area contributed by atoms with E-state index in [1.165, 1.54) is 0 Å². The van der Waals surface area contributed by atoms with Crippen LogP contribution in [0.1, 0.15) is 12.8 Å². The van der Waals surface area contributed by atoms with Gasteiger partial charge < -0.3 is 15.3 Å². The first-order valence-electron chi connectivity index (χ1n) is 3.91. The van der Waals surface area contributed by atoms with E-state index in [1.807, 2.05) is 0 Å². The Morgan fingerprint density at radius 3 is 3.00 bits per heavy atom. The van der Waals surface area contributed by atoms with Gasteiger partial charge in [0, 0.05) is 19.1 Å². The van der Waals surface area contributed by atoms with Crippen LogP contribution in [0.3, 0.4) is 0 Å². The molecule has 0 aromatic heterocycles. The molecule has 0 radical (unpaired) electrons. The Bertz CT molecular complexity index is 183. The predicted octanol–water partition coefficient (Wildman–Crippen LogP) is -0.125. The second-order valence-corrected chi connectivity index (χ2v) is 2.89. The van der Waals surface area contributed by atoms with Crippen LogP contribution < -0.4 is 5.32 Å². The predicted molar refractivity (Wildman–Crippen MR) is 41.8 cm³/mol. The van der Waals surface area contributed by atoms with E-state index in [9.17, 15) is 9.59 Å². The number of carbonyl (C=O) groups is 2. The average Bonchev–Trinajstić information content (AvgIpc) is 2.03. The quantitative estimate of drug-likeness (QED) is 0.570. The summed E-state index contributed by atoms with van der Waals surface area (Å²) < 4.78 is 0. The molecular weight excluding hydrogens is 160 g/mol. The summed E-state index contributed by atoms with van der Waals surface area (Å²) in [5.41, 5.74) is 0. The van der Waals surface area contributed by atoms with Gasteiger partial charge in [-0.1, -0.05) is 0 Å². The largest absolute Gasteiger partial charge is 0.465 e. The topological polar surface area (TPSA) is 69.6 Å². The van der Waals surface area contributed by atoms with Gasteiger partial charge in [-0.05, 0) is 12.8 Å². The summed E-state index contributed by atoms with van der Waals surface area (Å²) in [6, 6.07) is -0.0959. The fourth-order valence-corrected chi connectivity index (χ4v) is 1.39. The number of nitrogens with zero attached hydrogens (tertiary/aromatic N) is 1. The molecule has 1 atom stereocenters. The highest BCUT2D eigenvalue weighted by molar-refractivity contribution is 5.65. The van der Waals surface area contributed by atoms with Gasteiger partial charge in [-0.25, -0.2) is 4.79 Å². The van der Waals surface area contributed by atoms with Gasteiger partial charge in [-0.15, -0.1) is 0 Å². The standard InChI is InChI=1S/C7H12N2O3/c10-5-9-3-1-2-6(4-9)8-7(11)12/h5-6,8H,1-4H2,(H,11,12). The van der Waals surface area contributed by atoms with E-state index in [0.717, 1.165) is 25.8 Å². The molecule has 0 aromatic rings. The molecule has 1 saturated heterocycles. The highest BCUT2D eigenvalue weighted by Crippen LogP contribution is 2.07. The number of likely N-dealkylation sites (tertiary alicyclic amines) is 1. The van der Waals surface area contributed by atoms with Crippen LogP contribution in [0.5, 0.6) is 0 Å². The van der Waals surface area contributed by atoms with Gasteiger partial charge >= 0.3 is 6.09 Å². The molecule has 1 rings (SSSR count). The number of rotatable bonds is 2. The molecule has 0 aromatic carbocycles. The molecular formula is C7H12N2O3. The lowest BCUT2D eigenvalue weighted by atomic mass is 10.1. The van der Waals surface area contributed by atoms with Crippen molar-refractivity contribution in [3.8, 4) is 0 Å². The van der Waals surface area contributed by atoms with E-state index in [-0.39, 0.29) is 6.04 Å². The van der Waals surface area contributed by atoms with Gasteiger partial charge in [0.2, 0.25) is 6.41 Å². The minimum Gasteiger partial charge on any atom is -0.465 e. The van der Waals surface area contributed by atoms with E-state index in [2.05, 4.69) is 5.32 Å². The van der Waals surface area contributed by atoms with E-state index in [0.29, 0.717) is 6.54 Å². The molecule has 1 aliphatic heterocycles. The van der Waals surface area contributed by atoms with Crippen LogP contribution in [0, 0.1) is 0 Å². The van der Waals surface area contributed by atoms with Gasteiger partial charge in [0.25, 0.3) is 0 Å². The van der Waals surface area contributed by atoms with Crippen LogP contribution in [0.2, 0.25) is 0 Å². The lowest BCUT2D eigenvalue weighted by molar-refractivity contribution is -0.119. The summed E-state index contributed by atoms with van der Waals surface area (Å²) in [6.45, 7) is 1.23. The Kier molecular flexibility index (Phi) is 2.90. The van der Waals surface area contributed by atoms with Crippen molar-refractivity contribution in [1.29, 1.82) is 0 Å². The Hall–Kier alpha value is -1.26. The first kappa shape index (κ1) is 8.83. The van der Waals surface area contributed by atoms with Gasteiger partial charge in [0.1, 0.15) is 0 Å². The highest BCUT2D eigenvalue weighted by Gasteiger charge is 2.19. The molecule has 68 valence electrons. The number of hydrogen-bond donors (Lipinski definition) is 2. The van der Waals surface area contributed by atoms with E-state index < -0.39 is 6.09 Å². The maximum absolute atomic E-state index is 10.3. The van der Waals surface area contributed by atoms with E-state index in [4.69, 9.17) is 5.11 Å². The van der Waals surface area contributed by atoms with Crippen molar-refractivity contribution in [3.05, 3.63) is 0 Å². The third-order valence-electron chi connectivity index (χ3n) is 1.93. The van der Waals surface area contributed by atoms with E-state index >= 15 is 0 Å². The zero-order valence-corrected chi connectivity index (χ0v) is 6.69. The second-order valence-electron chi connectivity index (χ2n) is 2.89. The van der Waals surface area contributed by atoms with Crippen molar-refractivity contribution in [3.63, 3.8) is 0 Å². The first-order valence-corrected chi connectivity index (χ1v) is 3.91. The normalized spacial score (nSPS) is 23.3. The summed E-state index contributed by atoms with van der Waals surface area (Å²) in [6.07, 6.45) is 1.42. The van der Waals surface area contributed by atoms with Crippen LogP contribution in [0.25, 0.3) is 0 Å². The number of nitrogens with one attached hydrogen (secondary N) is 1. The number of amides is 2. The summed E-state index contributed by atoms with van der Waals surface area (Å²) in [5, 5.41) is 10.8.